The summed E-state index contributed by atoms with van der Waals surface area (Å²) in [6, 6.07) is 0. The van der Waals surface area contributed by atoms with Crippen LogP contribution in [0.1, 0.15) is 32.1 Å². The molecule has 0 atom stereocenters. The van der Waals surface area contributed by atoms with Crippen molar-refractivity contribution in [3.63, 3.8) is 0 Å². The van der Waals surface area contributed by atoms with Crippen LogP contribution < -0.4 is 0 Å². The third-order valence-corrected chi connectivity index (χ3v) is 1.32. The van der Waals surface area contributed by atoms with Crippen molar-refractivity contribution in [2.24, 2.45) is 0 Å². The molecule has 0 aliphatic heterocycles. The van der Waals surface area contributed by atoms with Gasteiger partial charge < -0.3 is 6.42 Å². The molecule has 0 aromatic heterocycles. The summed E-state index contributed by atoms with van der Waals surface area (Å²) in [4.78, 5) is 0. The zero-order valence-corrected chi connectivity index (χ0v) is 8.43. The molecule has 0 aromatic rings. The van der Waals surface area contributed by atoms with Gasteiger partial charge in [-0.25, -0.2) is 0 Å². The molecular formula is C6H11O3Re-. The summed E-state index contributed by atoms with van der Waals surface area (Å²) in [6.45, 7) is 0. The van der Waals surface area contributed by atoms with Crippen LogP contribution in [-0.4, -0.2) is 0 Å². The molecule has 1 saturated carbocycles. The van der Waals surface area contributed by atoms with Gasteiger partial charge in [-0.1, -0.05) is 19.3 Å². The Morgan fingerprint density at radius 2 is 1.30 bits per heavy atom. The average molecular weight is 317 g/mol. The molecule has 0 unspecified atom stereocenters. The standard InChI is InChI=1S/C6H11.3O.Re/c1-2-4-6-5-3-1;;;;/h1H,2-6H2;;;;/q-1;;;;. The van der Waals surface area contributed by atoms with Crippen molar-refractivity contribution in [3.05, 3.63) is 6.42 Å². The van der Waals surface area contributed by atoms with Gasteiger partial charge in [-0.2, -0.15) is 12.8 Å². The van der Waals surface area contributed by atoms with Crippen LogP contribution in [0.25, 0.3) is 0 Å². The third kappa shape index (κ3) is 10.9. The Hall–Kier alpha value is 0.0623. The van der Waals surface area contributed by atoms with Crippen molar-refractivity contribution in [2.45, 2.75) is 32.1 Å². The molecule has 3 nitrogen and oxygen atoms in total. The van der Waals surface area contributed by atoms with Crippen LogP contribution in [0.5, 0.6) is 0 Å². The van der Waals surface area contributed by atoms with E-state index in [4.69, 9.17) is 10.4 Å². The van der Waals surface area contributed by atoms with Gasteiger partial charge in [-0.05, 0) is 0 Å². The molecule has 0 aromatic carbocycles. The summed E-state index contributed by atoms with van der Waals surface area (Å²) < 4.78 is 25.8. The zero-order valence-electron chi connectivity index (χ0n) is 5.72. The molecule has 10 heavy (non-hydrogen) atoms. The van der Waals surface area contributed by atoms with Crippen LogP contribution in [0.4, 0.5) is 0 Å². The van der Waals surface area contributed by atoms with Gasteiger partial charge in [0.15, 0.2) is 0 Å². The van der Waals surface area contributed by atoms with E-state index in [1.807, 2.05) is 0 Å². The number of hydrogen-bond acceptors (Lipinski definition) is 3. The fourth-order valence-electron chi connectivity index (χ4n) is 0.898. The van der Waals surface area contributed by atoms with Gasteiger partial charge in [0.1, 0.15) is 0 Å². The molecule has 1 rings (SSSR count). The first-order valence-electron chi connectivity index (χ1n) is 3.28. The molecule has 0 saturated heterocycles. The fraction of sp³-hybridized carbons (Fsp3) is 0.833. The maximum atomic E-state index is 8.60. The predicted molar refractivity (Wildman–Crippen MR) is 29.4 cm³/mol. The Balaban J connectivity index is 0.000000180. The van der Waals surface area contributed by atoms with Gasteiger partial charge in [-0.15, -0.1) is 0 Å². The second-order valence-electron chi connectivity index (χ2n) is 2.12. The van der Waals surface area contributed by atoms with Crippen LogP contribution in [-0.2, 0) is 27.0 Å². The van der Waals surface area contributed by atoms with Gasteiger partial charge in [0.05, 0.1) is 0 Å². The van der Waals surface area contributed by atoms with Crippen molar-refractivity contribution in [3.8, 4) is 0 Å². The van der Waals surface area contributed by atoms with E-state index in [9.17, 15) is 0 Å². The van der Waals surface area contributed by atoms with E-state index in [2.05, 4.69) is 6.42 Å². The molecule has 4 heteroatoms. The van der Waals surface area contributed by atoms with Gasteiger partial charge in [0.2, 0.25) is 0 Å². The van der Waals surface area contributed by atoms with Crippen LogP contribution in [0.15, 0.2) is 0 Å². The van der Waals surface area contributed by atoms with Crippen molar-refractivity contribution in [2.75, 3.05) is 0 Å². The summed E-state index contributed by atoms with van der Waals surface area (Å²) in [5.41, 5.74) is 0. The summed E-state index contributed by atoms with van der Waals surface area (Å²) in [5, 5.41) is 0. The minimum atomic E-state index is -4.21. The van der Waals surface area contributed by atoms with Crippen molar-refractivity contribution in [1.82, 2.24) is 0 Å². The summed E-state index contributed by atoms with van der Waals surface area (Å²) in [6.07, 6.45) is 9.50. The molecule has 0 bridgehead atoms. The van der Waals surface area contributed by atoms with Crippen molar-refractivity contribution in [1.29, 1.82) is 0 Å². The van der Waals surface area contributed by atoms with E-state index >= 15 is 0 Å². The molecule has 1 aliphatic rings. The van der Waals surface area contributed by atoms with Gasteiger partial charge >= 0.3 is 27.0 Å². The van der Waals surface area contributed by atoms with E-state index in [-0.39, 0.29) is 0 Å². The molecule has 0 N–H and O–H groups in total. The second kappa shape index (κ2) is 7.17. The third-order valence-electron chi connectivity index (χ3n) is 1.32. The van der Waals surface area contributed by atoms with Crippen LogP contribution in [0, 0.1) is 6.42 Å². The molecule has 61 valence electrons. The maximum absolute atomic E-state index is 8.60. The SMILES string of the molecule is [CH-]1CCCCC1.[O]=[Re](=[O])=[O]. The normalized spacial score (nSPS) is 16.8. The van der Waals surface area contributed by atoms with E-state index in [1.165, 1.54) is 32.1 Å². The Bertz CT molecular complexity index is 134. The van der Waals surface area contributed by atoms with Crippen molar-refractivity contribution >= 4 is 0 Å². The van der Waals surface area contributed by atoms with Crippen LogP contribution in [0.3, 0.4) is 0 Å². The van der Waals surface area contributed by atoms with Crippen LogP contribution >= 0.6 is 0 Å². The number of hydrogen-bond donors (Lipinski definition) is 0. The first-order chi connectivity index (χ1) is 4.73. The molecule has 0 radical (unpaired) electrons. The predicted octanol–water partition coefficient (Wildman–Crippen LogP) is 1.80. The molecule has 0 spiro atoms. The topological polar surface area (TPSA) is 51.2 Å². The van der Waals surface area contributed by atoms with E-state index in [0.717, 1.165) is 0 Å². The van der Waals surface area contributed by atoms with Crippen LogP contribution in [0.2, 0.25) is 0 Å². The molecule has 0 heterocycles. The Kier molecular flexibility index (Phi) is 7.22. The van der Waals surface area contributed by atoms with E-state index < -0.39 is 16.6 Å². The monoisotopic (exact) mass is 318 g/mol. The summed E-state index contributed by atoms with van der Waals surface area (Å²) in [5.74, 6) is 0. The van der Waals surface area contributed by atoms with E-state index in [0.29, 0.717) is 0 Å². The Morgan fingerprint density at radius 3 is 1.40 bits per heavy atom. The van der Waals surface area contributed by atoms with E-state index in [1.54, 1.807) is 0 Å². The van der Waals surface area contributed by atoms with Gasteiger partial charge in [0, 0.05) is 0 Å². The van der Waals surface area contributed by atoms with Gasteiger partial charge in [0.25, 0.3) is 0 Å². The fourth-order valence-corrected chi connectivity index (χ4v) is 0.898. The summed E-state index contributed by atoms with van der Waals surface area (Å²) in [7, 11) is 0. The quantitative estimate of drug-likeness (QED) is 0.640. The second-order valence-corrected chi connectivity index (χ2v) is 3.47. The van der Waals surface area contributed by atoms with Crippen molar-refractivity contribution < 1.29 is 27.0 Å². The molecule has 1 fully saturated rings. The minimum absolute atomic E-state index is 1.38. The number of rotatable bonds is 0. The summed E-state index contributed by atoms with van der Waals surface area (Å²) >= 11 is -4.21. The first kappa shape index (κ1) is 10.1. The molecule has 0 amide bonds. The molecule has 1 aliphatic carbocycles. The zero-order chi connectivity index (χ0) is 7.82. The Labute approximate surface area is 66.0 Å². The average Bonchev–Trinajstić information content (AvgIpc) is 1.90. The Morgan fingerprint density at radius 1 is 0.900 bits per heavy atom. The van der Waals surface area contributed by atoms with Gasteiger partial charge in [-0.3, -0.25) is 0 Å². The molecular weight excluding hydrogens is 306 g/mol. The first-order valence-corrected chi connectivity index (χ1v) is 6.61.